The summed E-state index contributed by atoms with van der Waals surface area (Å²) in [5.74, 6) is 0. The van der Waals surface area contributed by atoms with Crippen LogP contribution in [-0.2, 0) is 0 Å². The van der Waals surface area contributed by atoms with E-state index < -0.39 is 0 Å². The average Bonchev–Trinajstić information content (AvgIpc) is 3.43. The highest BCUT2D eigenvalue weighted by Gasteiger charge is 2.14. The van der Waals surface area contributed by atoms with Crippen molar-refractivity contribution in [3.8, 4) is 50.6 Å². The smallest absolute Gasteiger partial charge is 0.0963 e. The standard InChI is InChI=1S/C39H26N4/c1-2-10-27(11-3-1)29-12-8-13-30(24-29)31-25-35(42-36(26-31)34-15-6-7-22-40-34)28-18-20-32(21-19-28)43-37-16-5-4-14-33(37)39-38(43)17-9-23-41-39/h1-26H. The molecule has 0 spiro atoms. The summed E-state index contributed by atoms with van der Waals surface area (Å²) in [6.45, 7) is 0. The van der Waals surface area contributed by atoms with E-state index in [2.05, 4.69) is 130 Å². The van der Waals surface area contributed by atoms with Crippen molar-refractivity contribution in [3.05, 3.63) is 158 Å². The molecule has 43 heavy (non-hydrogen) atoms. The minimum Gasteiger partial charge on any atom is -0.308 e. The molecule has 0 N–H and O–H groups in total. The largest absolute Gasteiger partial charge is 0.308 e. The predicted octanol–water partition coefficient (Wildman–Crippen LogP) is 9.64. The van der Waals surface area contributed by atoms with Gasteiger partial charge in [-0.2, -0.15) is 0 Å². The quantitative estimate of drug-likeness (QED) is 0.214. The van der Waals surface area contributed by atoms with Gasteiger partial charge in [0.15, 0.2) is 0 Å². The Hall–Kier alpha value is -5.87. The molecule has 0 saturated heterocycles. The molecule has 8 aromatic rings. The van der Waals surface area contributed by atoms with Crippen LogP contribution in [0.25, 0.3) is 72.5 Å². The van der Waals surface area contributed by atoms with E-state index in [1.165, 1.54) is 11.1 Å². The molecule has 0 atom stereocenters. The number of para-hydroxylation sites is 1. The highest BCUT2D eigenvalue weighted by molar-refractivity contribution is 6.06. The van der Waals surface area contributed by atoms with Crippen molar-refractivity contribution in [1.29, 1.82) is 0 Å². The van der Waals surface area contributed by atoms with E-state index >= 15 is 0 Å². The summed E-state index contributed by atoms with van der Waals surface area (Å²) in [6.07, 6.45) is 3.67. The SMILES string of the molecule is c1ccc(-c2cccc(-c3cc(-c4ccc(-n5c6ccccc6c6ncccc65)cc4)nc(-c4ccccn4)c3)c2)cc1. The van der Waals surface area contributed by atoms with Gasteiger partial charge in [-0.25, -0.2) is 4.98 Å². The van der Waals surface area contributed by atoms with Crippen LogP contribution >= 0.6 is 0 Å². The van der Waals surface area contributed by atoms with E-state index in [1.54, 1.807) is 0 Å². The fourth-order valence-corrected chi connectivity index (χ4v) is 5.84. The first-order chi connectivity index (χ1) is 21.3. The summed E-state index contributed by atoms with van der Waals surface area (Å²) in [6, 6.07) is 50.6. The molecule has 4 nitrogen and oxygen atoms in total. The Labute approximate surface area is 249 Å². The average molecular weight is 551 g/mol. The zero-order chi connectivity index (χ0) is 28.6. The molecule has 4 aromatic carbocycles. The summed E-state index contributed by atoms with van der Waals surface area (Å²) in [5.41, 5.74) is 12.6. The first-order valence-electron chi connectivity index (χ1n) is 14.4. The van der Waals surface area contributed by atoms with Gasteiger partial charge in [-0.15, -0.1) is 0 Å². The van der Waals surface area contributed by atoms with Crippen molar-refractivity contribution in [1.82, 2.24) is 19.5 Å². The number of rotatable bonds is 5. The van der Waals surface area contributed by atoms with Crippen LogP contribution in [0.4, 0.5) is 0 Å². The van der Waals surface area contributed by atoms with Gasteiger partial charge in [0.2, 0.25) is 0 Å². The lowest BCUT2D eigenvalue weighted by Gasteiger charge is -2.12. The first kappa shape index (κ1) is 24.9. The molecular weight excluding hydrogens is 524 g/mol. The lowest BCUT2D eigenvalue weighted by molar-refractivity contribution is 1.17. The van der Waals surface area contributed by atoms with Crippen molar-refractivity contribution < 1.29 is 0 Å². The van der Waals surface area contributed by atoms with Crippen molar-refractivity contribution in [2.45, 2.75) is 0 Å². The van der Waals surface area contributed by atoms with E-state index in [0.717, 1.165) is 61.4 Å². The molecule has 4 heteroatoms. The van der Waals surface area contributed by atoms with Gasteiger partial charge in [-0.3, -0.25) is 9.97 Å². The Morgan fingerprint density at radius 3 is 1.93 bits per heavy atom. The van der Waals surface area contributed by atoms with Crippen molar-refractivity contribution in [2.24, 2.45) is 0 Å². The van der Waals surface area contributed by atoms with E-state index in [-0.39, 0.29) is 0 Å². The van der Waals surface area contributed by atoms with E-state index in [0.29, 0.717) is 0 Å². The summed E-state index contributed by atoms with van der Waals surface area (Å²) >= 11 is 0. The maximum Gasteiger partial charge on any atom is 0.0963 e. The van der Waals surface area contributed by atoms with Crippen LogP contribution in [0.5, 0.6) is 0 Å². The zero-order valence-electron chi connectivity index (χ0n) is 23.3. The maximum absolute atomic E-state index is 5.09. The Morgan fingerprint density at radius 2 is 1.09 bits per heavy atom. The molecule has 0 aliphatic rings. The molecule has 4 heterocycles. The highest BCUT2D eigenvalue weighted by atomic mass is 15.0. The minimum absolute atomic E-state index is 0.843. The second kappa shape index (κ2) is 10.5. The maximum atomic E-state index is 5.09. The number of aromatic nitrogens is 4. The molecule has 0 saturated carbocycles. The van der Waals surface area contributed by atoms with Crippen molar-refractivity contribution in [3.63, 3.8) is 0 Å². The van der Waals surface area contributed by atoms with Gasteiger partial charge in [-0.1, -0.05) is 84.9 Å². The molecule has 202 valence electrons. The van der Waals surface area contributed by atoms with Crippen LogP contribution in [0.15, 0.2) is 158 Å². The molecule has 0 amide bonds. The monoisotopic (exact) mass is 550 g/mol. The van der Waals surface area contributed by atoms with Gasteiger partial charge in [0.05, 0.1) is 33.6 Å². The van der Waals surface area contributed by atoms with Gasteiger partial charge >= 0.3 is 0 Å². The third-order valence-corrected chi connectivity index (χ3v) is 7.90. The predicted molar refractivity (Wildman–Crippen MR) is 176 cm³/mol. The zero-order valence-corrected chi connectivity index (χ0v) is 23.3. The Kier molecular flexibility index (Phi) is 6.08. The number of hydrogen-bond acceptors (Lipinski definition) is 3. The molecule has 0 fully saturated rings. The van der Waals surface area contributed by atoms with Gasteiger partial charge in [0.1, 0.15) is 0 Å². The van der Waals surface area contributed by atoms with Gasteiger partial charge in [-0.05, 0) is 82.9 Å². The third kappa shape index (κ3) is 4.55. The van der Waals surface area contributed by atoms with Crippen LogP contribution in [0.1, 0.15) is 0 Å². The van der Waals surface area contributed by atoms with Crippen LogP contribution in [0.2, 0.25) is 0 Å². The van der Waals surface area contributed by atoms with E-state index in [1.807, 2.05) is 42.7 Å². The molecule has 0 aliphatic carbocycles. The number of nitrogens with zero attached hydrogens (tertiary/aromatic N) is 4. The summed E-state index contributed by atoms with van der Waals surface area (Å²) in [4.78, 5) is 14.4. The van der Waals surface area contributed by atoms with Gasteiger partial charge in [0, 0.05) is 29.0 Å². The molecule has 0 unspecified atom stereocenters. The van der Waals surface area contributed by atoms with Crippen LogP contribution in [-0.4, -0.2) is 19.5 Å². The van der Waals surface area contributed by atoms with Crippen molar-refractivity contribution >= 4 is 21.9 Å². The first-order valence-corrected chi connectivity index (χ1v) is 14.4. The minimum atomic E-state index is 0.843. The van der Waals surface area contributed by atoms with Crippen molar-refractivity contribution in [2.75, 3.05) is 0 Å². The second-order valence-electron chi connectivity index (χ2n) is 10.6. The summed E-state index contributed by atoms with van der Waals surface area (Å²) in [7, 11) is 0. The highest BCUT2D eigenvalue weighted by Crippen LogP contribution is 2.34. The molecule has 8 rings (SSSR count). The number of hydrogen-bond donors (Lipinski definition) is 0. The van der Waals surface area contributed by atoms with E-state index in [9.17, 15) is 0 Å². The Balaban J connectivity index is 1.25. The molecular formula is C39H26N4. The second-order valence-corrected chi connectivity index (χ2v) is 10.6. The number of benzene rings is 4. The lowest BCUT2D eigenvalue weighted by atomic mass is 9.97. The summed E-state index contributed by atoms with van der Waals surface area (Å²) in [5, 5.41) is 1.15. The van der Waals surface area contributed by atoms with Gasteiger partial charge in [0.25, 0.3) is 0 Å². The normalized spacial score (nSPS) is 11.3. The van der Waals surface area contributed by atoms with Crippen LogP contribution < -0.4 is 0 Å². The lowest BCUT2D eigenvalue weighted by Crippen LogP contribution is -1.95. The Morgan fingerprint density at radius 1 is 0.395 bits per heavy atom. The Bertz CT molecular complexity index is 2160. The van der Waals surface area contributed by atoms with E-state index in [4.69, 9.17) is 4.98 Å². The molecule has 0 bridgehead atoms. The third-order valence-electron chi connectivity index (χ3n) is 7.90. The summed E-state index contributed by atoms with van der Waals surface area (Å²) < 4.78 is 2.28. The topological polar surface area (TPSA) is 43.6 Å². The fraction of sp³-hybridized carbons (Fsp3) is 0. The van der Waals surface area contributed by atoms with Gasteiger partial charge < -0.3 is 4.57 Å². The fourth-order valence-electron chi connectivity index (χ4n) is 5.84. The molecule has 0 radical (unpaired) electrons. The number of pyridine rings is 3. The molecule has 0 aliphatic heterocycles. The molecule has 4 aromatic heterocycles. The van der Waals surface area contributed by atoms with Crippen LogP contribution in [0.3, 0.4) is 0 Å². The number of fused-ring (bicyclic) bond motifs is 3. The van der Waals surface area contributed by atoms with Crippen LogP contribution in [0, 0.1) is 0 Å².